The molecule has 2 aliphatic rings. The smallest absolute Gasteiger partial charge is 0.415 e. The summed E-state index contributed by atoms with van der Waals surface area (Å²) in [5, 5.41) is 10.2. The molecule has 5 aromatic rings. The van der Waals surface area contributed by atoms with E-state index in [-0.39, 0.29) is 12.7 Å². The topological polar surface area (TPSA) is 133 Å². The van der Waals surface area contributed by atoms with Crippen LogP contribution in [0.1, 0.15) is 46.7 Å². The number of benzene rings is 1. The van der Waals surface area contributed by atoms with Crippen molar-refractivity contribution in [1.29, 1.82) is 0 Å². The largest absolute Gasteiger partial charge is 0.471 e. The van der Waals surface area contributed by atoms with E-state index in [0.717, 1.165) is 38.9 Å². The van der Waals surface area contributed by atoms with Crippen molar-refractivity contribution in [2.45, 2.75) is 45.8 Å². The normalized spacial score (nSPS) is 15.1. The summed E-state index contributed by atoms with van der Waals surface area (Å²) in [5.41, 5.74) is 12.4. The highest BCUT2D eigenvalue weighted by Gasteiger charge is 2.30. The molecular weight excluding hydrogens is 520 g/mol. The van der Waals surface area contributed by atoms with Crippen molar-refractivity contribution in [3.63, 3.8) is 0 Å². The van der Waals surface area contributed by atoms with Gasteiger partial charge in [0, 0.05) is 24.2 Å². The van der Waals surface area contributed by atoms with Crippen LogP contribution < -0.4 is 20.7 Å². The van der Waals surface area contributed by atoms with E-state index in [1.54, 1.807) is 21.7 Å². The lowest BCUT2D eigenvalue weighted by molar-refractivity contribution is 0.181. The number of cyclic esters (lactones) is 1. The highest BCUT2D eigenvalue weighted by Crippen LogP contribution is 2.42. The minimum Gasteiger partial charge on any atom is -0.471 e. The van der Waals surface area contributed by atoms with Gasteiger partial charge in [0.25, 0.3) is 0 Å². The van der Waals surface area contributed by atoms with E-state index in [9.17, 15) is 4.79 Å². The number of aromatic nitrogens is 5. The zero-order valence-corrected chi connectivity index (χ0v) is 22.9. The van der Waals surface area contributed by atoms with Gasteiger partial charge in [0.1, 0.15) is 42.7 Å². The molecule has 4 aromatic heterocycles. The summed E-state index contributed by atoms with van der Waals surface area (Å²) in [5.74, 6) is 2.89. The van der Waals surface area contributed by atoms with Crippen molar-refractivity contribution in [2.24, 2.45) is 0 Å². The Morgan fingerprint density at radius 3 is 2.78 bits per heavy atom. The maximum absolute atomic E-state index is 12.3. The van der Waals surface area contributed by atoms with E-state index < -0.39 is 0 Å². The summed E-state index contributed by atoms with van der Waals surface area (Å²) in [6.45, 7) is 5.87. The molecule has 1 saturated heterocycles. The maximum atomic E-state index is 12.3. The van der Waals surface area contributed by atoms with Crippen molar-refractivity contribution >= 4 is 39.8 Å². The number of hydrogen-bond donors (Lipinski definition) is 2. The third kappa shape index (κ3) is 4.73. The number of pyridine rings is 2. The molecule has 0 bridgehead atoms. The van der Waals surface area contributed by atoms with E-state index in [0.29, 0.717) is 43.1 Å². The van der Waals surface area contributed by atoms with Gasteiger partial charge in [0.2, 0.25) is 5.88 Å². The van der Waals surface area contributed by atoms with Crippen LogP contribution in [0.25, 0.3) is 16.3 Å². The van der Waals surface area contributed by atoms with Crippen molar-refractivity contribution in [1.82, 2.24) is 24.6 Å². The Labute approximate surface area is 236 Å². The number of carbonyl (C=O) groups excluding carboxylic acids is 1. The zero-order valence-electron chi connectivity index (χ0n) is 22.9. The van der Waals surface area contributed by atoms with Gasteiger partial charge in [-0.05, 0) is 90.6 Å². The number of nitrogen functional groups attached to an aromatic ring is 1. The van der Waals surface area contributed by atoms with Gasteiger partial charge in [-0.2, -0.15) is 5.10 Å². The molecule has 0 atom stereocenters. The predicted octanol–water partition coefficient (Wildman–Crippen LogP) is 4.90. The minimum atomic E-state index is -0.344. The molecule has 2 fully saturated rings. The van der Waals surface area contributed by atoms with Gasteiger partial charge in [-0.15, -0.1) is 0 Å². The highest BCUT2D eigenvalue weighted by molar-refractivity contribution is 5.94. The number of amides is 1. The van der Waals surface area contributed by atoms with Gasteiger partial charge >= 0.3 is 6.09 Å². The molecule has 0 unspecified atom stereocenters. The molecule has 1 amide bonds. The first-order chi connectivity index (χ1) is 19.9. The number of hydrogen-bond acceptors (Lipinski definition) is 9. The van der Waals surface area contributed by atoms with Gasteiger partial charge in [-0.1, -0.05) is 0 Å². The fraction of sp³-hybridized carbons (Fsp3) is 0.300. The average Bonchev–Trinajstić information content (AvgIpc) is 3.60. The molecule has 0 radical (unpaired) electrons. The van der Waals surface area contributed by atoms with Crippen LogP contribution >= 0.6 is 0 Å². The molecular formula is C30H30N8O3. The molecule has 1 saturated carbocycles. The first-order valence-corrected chi connectivity index (χ1v) is 13.7. The van der Waals surface area contributed by atoms with Crippen molar-refractivity contribution in [3.8, 4) is 5.88 Å². The summed E-state index contributed by atoms with van der Waals surface area (Å²) >= 11 is 0. The molecule has 5 heterocycles. The van der Waals surface area contributed by atoms with E-state index >= 15 is 0 Å². The van der Waals surface area contributed by atoms with Crippen LogP contribution in [0, 0.1) is 13.8 Å². The lowest BCUT2D eigenvalue weighted by atomic mass is 9.96. The predicted molar refractivity (Wildman–Crippen MR) is 155 cm³/mol. The number of anilines is 3. The number of nitrogens with two attached hydrogens (primary N) is 1. The van der Waals surface area contributed by atoms with E-state index in [1.807, 2.05) is 12.1 Å². The van der Waals surface area contributed by atoms with E-state index in [1.165, 1.54) is 30.3 Å². The quantitative estimate of drug-likeness (QED) is 0.277. The zero-order chi connectivity index (χ0) is 28.1. The second-order valence-corrected chi connectivity index (χ2v) is 10.6. The number of nitrogens with zero attached hydrogens (tertiary/aromatic N) is 6. The van der Waals surface area contributed by atoms with Crippen LogP contribution in [0.2, 0.25) is 0 Å². The van der Waals surface area contributed by atoms with E-state index in [2.05, 4.69) is 52.3 Å². The average molecular weight is 551 g/mol. The summed E-state index contributed by atoms with van der Waals surface area (Å²) in [7, 11) is 0. The molecule has 208 valence electrons. The van der Waals surface area contributed by atoms with Crippen LogP contribution in [0.15, 0.2) is 48.9 Å². The molecule has 41 heavy (non-hydrogen) atoms. The molecule has 3 N–H and O–H groups in total. The van der Waals surface area contributed by atoms with Crippen molar-refractivity contribution < 1.29 is 14.3 Å². The lowest BCUT2D eigenvalue weighted by Crippen LogP contribution is -2.26. The van der Waals surface area contributed by atoms with Gasteiger partial charge in [-0.25, -0.2) is 24.3 Å². The lowest BCUT2D eigenvalue weighted by Gasteiger charge is -2.15. The fourth-order valence-corrected chi connectivity index (χ4v) is 5.52. The number of fused-ring (bicyclic) bond motifs is 2. The van der Waals surface area contributed by atoms with Crippen LogP contribution in [0.3, 0.4) is 0 Å². The molecule has 7 rings (SSSR count). The van der Waals surface area contributed by atoms with Gasteiger partial charge in [-0.3, -0.25) is 4.90 Å². The number of rotatable bonds is 8. The number of aryl methyl sites for hydroxylation is 2. The Balaban J connectivity index is 1.08. The fourth-order valence-electron chi connectivity index (χ4n) is 5.52. The second kappa shape index (κ2) is 9.92. The van der Waals surface area contributed by atoms with Crippen LogP contribution in [-0.4, -0.2) is 43.8 Å². The van der Waals surface area contributed by atoms with Gasteiger partial charge in [0.05, 0.1) is 12.1 Å². The van der Waals surface area contributed by atoms with Crippen molar-refractivity contribution in [2.75, 3.05) is 29.1 Å². The number of carbonyl (C=O) groups is 1. The summed E-state index contributed by atoms with van der Waals surface area (Å²) in [6.07, 6.45) is 5.21. The van der Waals surface area contributed by atoms with Gasteiger partial charge in [0.15, 0.2) is 0 Å². The summed E-state index contributed by atoms with van der Waals surface area (Å²) in [4.78, 5) is 26.8. The third-order valence-corrected chi connectivity index (χ3v) is 7.87. The third-order valence-electron chi connectivity index (χ3n) is 7.87. The second-order valence-electron chi connectivity index (χ2n) is 10.6. The number of ether oxygens (including phenoxy) is 2. The molecule has 0 spiro atoms. The van der Waals surface area contributed by atoms with Crippen LogP contribution in [0.4, 0.5) is 22.2 Å². The van der Waals surface area contributed by atoms with Crippen molar-refractivity contribution in [3.05, 3.63) is 76.9 Å². The SMILES string of the molecule is Cc1cc2c(N)nccc2c(C)c1CNc1cc(OCc2cc3cc(C4CC4)cc(N4CCOC4=O)n3n2)ncn1. The monoisotopic (exact) mass is 550 g/mol. The Morgan fingerprint density at radius 1 is 1.10 bits per heavy atom. The minimum absolute atomic E-state index is 0.221. The Hall–Kier alpha value is -4.93. The van der Waals surface area contributed by atoms with E-state index in [4.69, 9.17) is 20.3 Å². The first-order valence-electron chi connectivity index (χ1n) is 13.7. The van der Waals surface area contributed by atoms with Crippen LogP contribution in [0.5, 0.6) is 5.88 Å². The molecule has 11 nitrogen and oxygen atoms in total. The standard InChI is InChI=1S/C30H30N8O3/c1-17-9-24-23(5-6-32-29(24)31)18(2)25(17)14-33-26-13-27(35-16-34-26)41-15-21-12-22-10-20(19-3-4-19)11-28(38(22)36-21)37-7-8-40-30(37)39/h5-6,9-13,16,19H,3-4,7-8,14-15H2,1-2H3,(H2,31,32)(H,33,34,35). The maximum Gasteiger partial charge on any atom is 0.415 e. The number of nitrogens with one attached hydrogen (secondary N) is 1. The summed E-state index contributed by atoms with van der Waals surface area (Å²) in [6, 6.07) is 12.0. The first kappa shape index (κ1) is 25.1. The molecule has 1 aliphatic carbocycles. The summed E-state index contributed by atoms with van der Waals surface area (Å²) < 4.78 is 13.0. The van der Waals surface area contributed by atoms with Gasteiger partial charge < -0.3 is 20.5 Å². The Bertz CT molecular complexity index is 1810. The molecule has 11 heteroatoms. The molecule has 1 aliphatic heterocycles. The molecule has 1 aromatic carbocycles. The Kier molecular flexibility index (Phi) is 6.06. The highest BCUT2D eigenvalue weighted by atomic mass is 16.6. The Morgan fingerprint density at radius 2 is 1.98 bits per heavy atom. The van der Waals surface area contributed by atoms with Crippen LogP contribution in [-0.2, 0) is 17.9 Å².